The summed E-state index contributed by atoms with van der Waals surface area (Å²) in [7, 11) is 0. The predicted molar refractivity (Wildman–Crippen MR) is 117 cm³/mol. The maximum Gasteiger partial charge on any atom is 0.416 e. The van der Waals surface area contributed by atoms with Gasteiger partial charge in [0.1, 0.15) is 22.2 Å². The molecule has 3 aromatic heterocycles. The minimum absolute atomic E-state index is 0.283. The van der Waals surface area contributed by atoms with Crippen LogP contribution in [0.4, 0.5) is 16.4 Å². The van der Waals surface area contributed by atoms with E-state index in [1.54, 1.807) is 28.6 Å². The molecule has 4 heterocycles. The second-order valence-electron chi connectivity index (χ2n) is 7.92. The number of nitrogens with zero attached hydrogens (tertiary/aromatic N) is 4. The molecule has 0 aromatic carbocycles. The van der Waals surface area contributed by atoms with Gasteiger partial charge in [-0.05, 0) is 55.9 Å². The Morgan fingerprint density at radius 2 is 2.03 bits per heavy atom. The van der Waals surface area contributed by atoms with E-state index in [0.29, 0.717) is 18.3 Å². The van der Waals surface area contributed by atoms with Gasteiger partial charge in [0.2, 0.25) is 0 Å². The van der Waals surface area contributed by atoms with Gasteiger partial charge in [-0.15, -0.1) is 11.3 Å². The van der Waals surface area contributed by atoms with Gasteiger partial charge in [0.25, 0.3) is 0 Å². The largest absolute Gasteiger partial charge is 0.441 e. The van der Waals surface area contributed by atoms with Crippen LogP contribution in [-0.2, 0) is 4.74 Å². The highest BCUT2D eigenvalue weighted by Crippen LogP contribution is 2.40. The Morgan fingerprint density at radius 1 is 1.13 bits per heavy atom. The standard InChI is InChI=1S/C22H23N5O2S/c28-21-27(19-3-1-2-10-23-19)15-22(29-21)8-6-16(7-9-22)13-25-18-5-4-17(14-26-18)20-24-11-12-30-20/h1-5,10-12,14,16H,6-9,13,15H2,(H,25,26). The molecule has 1 saturated heterocycles. The summed E-state index contributed by atoms with van der Waals surface area (Å²) in [6.45, 7) is 1.46. The van der Waals surface area contributed by atoms with Crippen LogP contribution in [0.5, 0.6) is 0 Å². The van der Waals surface area contributed by atoms with Crippen LogP contribution in [0.25, 0.3) is 10.6 Å². The van der Waals surface area contributed by atoms with Crippen molar-refractivity contribution in [1.82, 2.24) is 15.0 Å². The number of carbonyl (C=O) groups is 1. The van der Waals surface area contributed by atoms with Crippen LogP contribution in [0.2, 0.25) is 0 Å². The third-order valence-electron chi connectivity index (χ3n) is 5.93. The molecule has 3 aromatic rings. The summed E-state index contributed by atoms with van der Waals surface area (Å²) in [5.41, 5.74) is 0.661. The zero-order chi connectivity index (χ0) is 20.4. The lowest BCUT2D eigenvalue weighted by Gasteiger charge is -2.35. The SMILES string of the molecule is O=C1OC2(CCC(CNc3ccc(-c4nccs4)cn3)CC2)CN1c1ccccn1. The first kappa shape index (κ1) is 19.0. The van der Waals surface area contributed by atoms with Crippen molar-refractivity contribution < 1.29 is 9.53 Å². The third-order valence-corrected chi connectivity index (χ3v) is 6.75. The van der Waals surface area contributed by atoms with Crippen LogP contribution in [0.15, 0.2) is 54.3 Å². The van der Waals surface area contributed by atoms with E-state index < -0.39 is 0 Å². The molecular weight excluding hydrogens is 398 g/mol. The Morgan fingerprint density at radius 3 is 2.73 bits per heavy atom. The van der Waals surface area contributed by atoms with Gasteiger partial charge in [-0.2, -0.15) is 0 Å². The molecule has 0 unspecified atom stereocenters. The molecule has 0 atom stereocenters. The number of amides is 1. The van der Waals surface area contributed by atoms with Gasteiger partial charge in [0, 0.05) is 36.1 Å². The Labute approximate surface area is 179 Å². The van der Waals surface area contributed by atoms with Crippen LogP contribution in [0.1, 0.15) is 25.7 Å². The van der Waals surface area contributed by atoms with Crippen molar-refractivity contribution in [2.24, 2.45) is 5.92 Å². The monoisotopic (exact) mass is 421 g/mol. The highest BCUT2D eigenvalue weighted by molar-refractivity contribution is 7.13. The van der Waals surface area contributed by atoms with Crippen LogP contribution < -0.4 is 10.2 Å². The number of ether oxygens (including phenoxy) is 1. The minimum Gasteiger partial charge on any atom is -0.441 e. The summed E-state index contributed by atoms with van der Waals surface area (Å²) in [5, 5.41) is 6.40. The van der Waals surface area contributed by atoms with Crippen LogP contribution in [0, 0.1) is 5.92 Å². The minimum atomic E-state index is -0.376. The molecule has 1 aliphatic carbocycles. The Balaban J connectivity index is 1.14. The Bertz CT molecular complexity index is 986. The number of anilines is 2. The number of hydrogen-bond donors (Lipinski definition) is 1. The zero-order valence-corrected chi connectivity index (χ0v) is 17.3. The van der Waals surface area contributed by atoms with E-state index in [2.05, 4.69) is 20.3 Å². The first-order chi connectivity index (χ1) is 14.7. The topological polar surface area (TPSA) is 80.2 Å². The van der Waals surface area contributed by atoms with Gasteiger partial charge in [-0.25, -0.2) is 19.7 Å². The van der Waals surface area contributed by atoms with E-state index in [-0.39, 0.29) is 11.7 Å². The predicted octanol–water partition coefficient (Wildman–Crippen LogP) is 4.60. The van der Waals surface area contributed by atoms with Crippen LogP contribution >= 0.6 is 11.3 Å². The fraction of sp³-hybridized carbons (Fsp3) is 0.364. The highest BCUT2D eigenvalue weighted by atomic mass is 32.1. The molecule has 7 nitrogen and oxygen atoms in total. The van der Waals surface area contributed by atoms with E-state index >= 15 is 0 Å². The van der Waals surface area contributed by atoms with Gasteiger partial charge >= 0.3 is 6.09 Å². The molecule has 5 rings (SSSR count). The third kappa shape index (κ3) is 3.87. The first-order valence-corrected chi connectivity index (χ1v) is 11.1. The molecular formula is C22H23N5O2S. The van der Waals surface area contributed by atoms with Gasteiger partial charge < -0.3 is 10.1 Å². The van der Waals surface area contributed by atoms with E-state index in [1.165, 1.54) is 0 Å². The first-order valence-electron chi connectivity index (χ1n) is 10.2. The van der Waals surface area contributed by atoms with E-state index in [0.717, 1.165) is 48.6 Å². The molecule has 154 valence electrons. The number of rotatable bonds is 5. The maximum atomic E-state index is 12.4. The molecule has 1 saturated carbocycles. The number of nitrogens with one attached hydrogen (secondary N) is 1. The van der Waals surface area contributed by atoms with Gasteiger partial charge in [-0.1, -0.05) is 6.07 Å². The van der Waals surface area contributed by atoms with Crippen molar-refractivity contribution in [3.63, 3.8) is 0 Å². The van der Waals surface area contributed by atoms with E-state index in [4.69, 9.17) is 4.74 Å². The molecule has 2 fully saturated rings. The Hall–Kier alpha value is -3.00. The lowest BCUT2D eigenvalue weighted by molar-refractivity contribution is 0.0148. The van der Waals surface area contributed by atoms with Crippen molar-refractivity contribution in [2.45, 2.75) is 31.3 Å². The molecule has 1 aliphatic heterocycles. The zero-order valence-electron chi connectivity index (χ0n) is 16.5. The molecule has 30 heavy (non-hydrogen) atoms. The number of pyridine rings is 2. The van der Waals surface area contributed by atoms with Crippen molar-refractivity contribution in [2.75, 3.05) is 23.3 Å². The molecule has 1 amide bonds. The number of carbonyl (C=O) groups excluding carboxylic acids is 1. The summed E-state index contributed by atoms with van der Waals surface area (Å²) in [6.07, 6.45) is 8.89. The molecule has 0 radical (unpaired) electrons. The van der Waals surface area contributed by atoms with Crippen molar-refractivity contribution >= 4 is 29.1 Å². The molecule has 0 bridgehead atoms. The summed E-state index contributed by atoms with van der Waals surface area (Å²) in [4.78, 5) is 27.2. The highest BCUT2D eigenvalue weighted by Gasteiger charge is 2.47. The lowest BCUT2D eigenvalue weighted by atomic mass is 9.78. The van der Waals surface area contributed by atoms with Gasteiger partial charge in [0.05, 0.1) is 6.54 Å². The second-order valence-corrected chi connectivity index (χ2v) is 8.81. The average Bonchev–Trinajstić information content (AvgIpc) is 3.43. The smallest absolute Gasteiger partial charge is 0.416 e. The lowest BCUT2D eigenvalue weighted by Crippen LogP contribution is -2.39. The van der Waals surface area contributed by atoms with Crippen molar-refractivity contribution in [3.8, 4) is 10.6 Å². The molecule has 8 heteroatoms. The van der Waals surface area contributed by atoms with Crippen molar-refractivity contribution in [3.05, 3.63) is 54.3 Å². The fourth-order valence-electron chi connectivity index (χ4n) is 4.22. The maximum absolute atomic E-state index is 12.4. The normalized spacial score (nSPS) is 23.5. The fourth-order valence-corrected chi connectivity index (χ4v) is 4.85. The molecule has 1 spiro atoms. The van der Waals surface area contributed by atoms with Gasteiger partial charge in [-0.3, -0.25) is 4.90 Å². The van der Waals surface area contributed by atoms with E-state index in [9.17, 15) is 4.79 Å². The number of thiazole rings is 1. The Kier molecular flexibility index (Phi) is 5.08. The molecule has 1 N–H and O–H groups in total. The quantitative estimate of drug-likeness (QED) is 0.649. The number of hydrogen-bond acceptors (Lipinski definition) is 7. The summed E-state index contributed by atoms with van der Waals surface area (Å²) >= 11 is 1.61. The summed E-state index contributed by atoms with van der Waals surface area (Å²) in [6, 6.07) is 9.64. The van der Waals surface area contributed by atoms with Gasteiger partial charge in [0.15, 0.2) is 0 Å². The second kappa shape index (κ2) is 8.02. The molecule has 2 aliphatic rings. The summed E-state index contributed by atoms with van der Waals surface area (Å²) < 4.78 is 5.83. The number of aromatic nitrogens is 3. The van der Waals surface area contributed by atoms with E-state index in [1.807, 2.05) is 41.9 Å². The summed E-state index contributed by atoms with van der Waals surface area (Å²) in [5.74, 6) is 2.08. The van der Waals surface area contributed by atoms with Crippen molar-refractivity contribution in [1.29, 1.82) is 0 Å². The average molecular weight is 422 g/mol. The van der Waals surface area contributed by atoms with Crippen LogP contribution in [-0.4, -0.2) is 39.7 Å². The van der Waals surface area contributed by atoms with Crippen LogP contribution in [0.3, 0.4) is 0 Å².